The summed E-state index contributed by atoms with van der Waals surface area (Å²) < 4.78 is 0. The third-order valence-corrected chi connectivity index (χ3v) is 4.65. The Morgan fingerprint density at radius 3 is 3.00 bits per heavy atom. The van der Waals surface area contributed by atoms with Gasteiger partial charge in [0, 0.05) is 18.5 Å². The van der Waals surface area contributed by atoms with Crippen LogP contribution in [0, 0.1) is 5.92 Å². The van der Waals surface area contributed by atoms with E-state index in [-0.39, 0.29) is 0 Å². The first-order valence-corrected chi connectivity index (χ1v) is 7.95. The molecule has 0 amide bonds. The van der Waals surface area contributed by atoms with E-state index >= 15 is 0 Å². The number of nitrogens with zero attached hydrogens (tertiary/aromatic N) is 1. The highest BCUT2D eigenvalue weighted by molar-refractivity contribution is 5.79. The standard InChI is InChI=1S/C17H25N3/c1-2-3-4-7-10-19-17(18)20-16-14-11-12-8-5-6-9-13(12)15(14)16/h5-6,8-9,14-16H,2-4,7,10-11H2,1H3,(H3,18,19,20). The van der Waals surface area contributed by atoms with Crippen molar-refractivity contribution in [3.05, 3.63) is 35.4 Å². The van der Waals surface area contributed by atoms with Crippen LogP contribution in [0.25, 0.3) is 0 Å². The van der Waals surface area contributed by atoms with E-state index < -0.39 is 0 Å². The van der Waals surface area contributed by atoms with E-state index in [1.54, 1.807) is 0 Å². The quantitative estimate of drug-likeness (QED) is 0.475. The molecule has 3 atom stereocenters. The average molecular weight is 271 g/mol. The minimum Gasteiger partial charge on any atom is -0.370 e. The van der Waals surface area contributed by atoms with Crippen molar-refractivity contribution in [1.29, 1.82) is 0 Å². The van der Waals surface area contributed by atoms with Gasteiger partial charge in [-0.15, -0.1) is 0 Å². The van der Waals surface area contributed by atoms with Crippen molar-refractivity contribution in [2.45, 2.75) is 51.0 Å². The first kappa shape index (κ1) is 13.5. The molecular formula is C17H25N3. The summed E-state index contributed by atoms with van der Waals surface area (Å²) in [6, 6.07) is 9.31. The molecule has 1 aromatic rings. The largest absolute Gasteiger partial charge is 0.370 e. The van der Waals surface area contributed by atoms with Gasteiger partial charge < -0.3 is 11.1 Å². The zero-order chi connectivity index (χ0) is 13.9. The van der Waals surface area contributed by atoms with E-state index in [2.05, 4.69) is 41.5 Å². The molecule has 0 spiro atoms. The summed E-state index contributed by atoms with van der Waals surface area (Å²) in [6.45, 7) is 3.08. The predicted molar refractivity (Wildman–Crippen MR) is 83.9 cm³/mol. The van der Waals surface area contributed by atoms with Gasteiger partial charge in [0.1, 0.15) is 0 Å². The number of fused-ring (bicyclic) bond motifs is 3. The summed E-state index contributed by atoms with van der Waals surface area (Å²) in [5.41, 5.74) is 9.03. The van der Waals surface area contributed by atoms with Crippen LogP contribution in [0.1, 0.15) is 49.7 Å². The number of nitrogens with two attached hydrogens (primary N) is 1. The molecule has 3 heteroatoms. The molecule has 0 heterocycles. The Hall–Kier alpha value is -1.51. The topological polar surface area (TPSA) is 50.4 Å². The Balaban J connectivity index is 1.46. The summed E-state index contributed by atoms with van der Waals surface area (Å²) in [4.78, 5) is 4.44. The third kappa shape index (κ3) is 2.67. The van der Waals surface area contributed by atoms with Crippen LogP contribution in [0.2, 0.25) is 0 Å². The van der Waals surface area contributed by atoms with Crippen molar-refractivity contribution in [2.24, 2.45) is 16.6 Å². The maximum Gasteiger partial charge on any atom is 0.188 e. The van der Waals surface area contributed by atoms with Gasteiger partial charge in [0.2, 0.25) is 0 Å². The van der Waals surface area contributed by atoms with Gasteiger partial charge in [0.25, 0.3) is 0 Å². The van der Waals surface area contributed by atoms with E-state index in [1.165, 1.54) is 36.8 Å². The van der Waals surface area contributed by atoms with Crippen molar-refractivity contribution >= 4 is 5.96 Å². The number of hydrogen-bond acceptors (Lipinski definition) is 1. The molecule has 1 fully saturated rings. The molecule has 2 aliphatic rings. The van der Waals surface area contributed by atoms with Gasteiger partial charge in [-0.1, -0.05) is 50.5 Å². The molecule has 108 valence electrons. The van der Waals surface area contributed by atoms with Crippen LogP contribution in [0.3, 0.4) is 0 Å². The van der Waals surface area contributed by atoms with Crippen LogP contribution in [0.4, 0.5) is 0 Å². The summed E-state index contributed by atoms with van der Waals surface area (Å²) in [5.74, 6) is 2.04. The second kappa shape index (κ2) is 5.86. The van der Waals surface area contributed by atoms with Gasteiger partial charge in [0.05, 0.1) is 0 Å². The highest BCUT2D eigenvalue weighted by Crippen LogP contribution is 2.56. The fourth-order valence-electron chi connectivity index (χ4n) is 3.50. The first-order valence-electron chi connectivity index (χ1n) is 7.95. The zero-order valence-corrected chi connectivity index (χ0v) is 12.3. The van der Waals surface area contributed by atoms with Crippen molar-refractivity contribution in [3.63, 3.8) is 0 Å². The molecule has 0 bridgehead atoms. The Bertz CT molecular complexity index is 495. The zero-order valence-electron chi connectivity index (χ0n) is 12.3. The molecule has 3 rings (SSSR count). The molecule has 2 aliphatic carbocycles. The number of aliphatic imine (C=N–C) groups is 1. The number of nitrogens with one attached hydrogen (secondary N) is 1. The summed E-state index contributed by atoms with van der Waals surface area (Å²) >= 11 is 0. The molecule has 0 radical (unpaired) electrons. The smallest absolute Gasteiger partial charge is 0.188 e. The van der Waals surface area contributed by atoms with Crippen LogP contribution < -0.4 is 11.1 Å². The number of guanidine groups is 1. The molecule has 3 unspecified atom stereocenters. The normalized spacial score (nSPS) is 27.1. The van der Waals surface area contributed by atoms with Crippen LogP contribution >= 0.6 is 0 Å². The summed E-state index contributed by atoms with van der Waals surface area (Å²) in [5, 5.41) is 3.42. The maximum absolute atomic E-state index is 5.99. The van der Waals surface area contributed by atoms with Crippen molar-refractivity contribution in [2.75, 3.05) is 6.54 Å². The van der Waals surface area contributed by atoms with Crippen LogP contribution in [0.15, 0.2) is 29.3 Å². The lowest BCUT2D eigenvalue weighted by molar-refractivity contribution is 0.671. The molecule has 1 saturated carbocycles. The minimum absolute atomic E-state index is 0.518. The molecule has 3 N–H and O–H groups in total. The fraction of sp³-hybridized carbons (Fsp3) is 0.588. The molecular weight excluding hydrogens is 246 g/mol. The van der Waals surface area contributed by atoms with Gasteiger partial charge in [-0.3, -0.25) is 4.99 Å². The molecule has 0 saturated heterocycles. The van der Waals surface area contributed by atoms with Gasteiger partial charge >= 0.3 is 0 Å². The van der Waals surface area contributed by atoms with E-state index in [9.17, 15) is 0 Å². The Labute approximate surface area is 121 Å². The van der Waals surface area contributed by atoms with E-state index in [1.807, 2.05) is 0 Å². The van der Waals surface area contributed by atoms with Crippen molar-refractivity contribution in [3.8, 4) is 0 Å². The monoisotopic (exact) mass is 271 g/mol. The van der Waals surface area contributed by atoms with E-state index in [4.69, 9.17) is 5.73 Å². The van der Waals surface area contributed by atoms with Gasteiger partial charge in [-0.2, -0.15) is 0 Å². The summed E-state index contributed by atoms with van der Waals surface area (Å²) in [6.07, 6.45) is 6.17. The van der Waals surface area contributed by atoms with E-state index in [0.717, 1.165) is 18.9 Å². The Morgan fingerprint density at radius 1 is 1.30 bits per heavy atom. The Kier molecular flexibility index (Phi) is 3.95. The predicted octanol–water partition coefficient (Wildman–Crippen LogP) is 2.81. The highest BCUT2D eigenvalue weighted by atomic mass is 15.1. The number of unbranched alkanes of at least 4 members (excludes halogenated alkanes) is 3. The second-order valence-electron chi connectivity index (χ2n) is 6.09. The molecule has 20 heavy (non-hydrogen) atoms. The molecule has 3 nitrogen and oxygen atoms in total. The maximum atomic E-state index is 5.99. The van der Waals surface area contributed by atoms with Crippen molar-refractivity contribution in [1.82, 2.24) is 5.32 Å². The Morgan fingerprint density at radius 2 is 2.15 bits per heavy atom. The van der Waals surface area contributed by atoms with Gasteiger partial charge in [-0.05, 0) is 29.9 Å². The second-order valence-corrected chi connectivity index (χ2v) is 6.09. The highest BCUT2D eigenvalue weighted by Gasteiger charge is 2.55. The average Bonchev–Trinajstić information content (AvgIpc) is 2.96. The van der Waals surface area contributed by atoms with Gasteiger partial charge in [-0.25, -0.2) is 0 Å². The number of benzene rings is 1. The lowest BCUT2D eigenvalue weighted by Gasteiger charge is -2.10. The molecule has 0 aromatic heterocycles. The lowest BCUT2D eigenvalue weighted by atomic mass is 10.1. The van der Waals surface area contributed by atoms with Crippen LogP contribution in [0.5, 0.6) is 0 Å². The van der Waals surface area contributed by atoms with Crippen LogP contribution in [-0.2, 0) is 6.42 Å². The minimum atomic E-state index is 0.518. The number of hydrogen-bond donors (Lipinski definition) is 2. The first-order chi connectivity index (χ1) is 9.81. The lowest BCUT2D eigenvalue weighted by Crippen LogP contribution is -2.35. The number of rotatable bonds is 6. The third-order valence-electron chi connectivity index (χ3n) is 4.65. The van der Waals surface area contributed by atoms with Crippen molar-refractivity contribution < 1.29 is 0 Å². The van der Waals surface area contributed by atoms with E-state index in [0.29, 0.717) is 17.9 Å². The molecule has 1 aromatic carbocycles. The SMILES string of the molecule is CCCCCCN=C(N)NC1C2Cc3ccccc3C21. The van der Waals surface area contributed by atoms with Crippen LogP contribution in [-0.4, -0.2) is 18.5 Å². The molecule has 0 aliphatic heterocycles. The summed E-state index contributed by atoms with van der Waals surface area (Å²) in [7, 11) is 0. The van der Waals surface area contributed by atoms with Gasteiger partial charge in [0.15, 0.2) is 5.96 Å². The fourth-order valence-corrected chi connectivity index (χ4v) is 3.50.